The molecule has 2 aromatic carbocycles. The van der Waals surface area contributed by atoms with Crippen LogP contribution in [0.1, 0.15) is 22.5 Å². The quantitative estimate of drug-likeness (QED) is 0.152. The monoisotopic (exact) mass is 552 g/mol. The smallest absolute Gasteiger partial charge is 0.326 e. The summed E-state index contributed by atoms with van der Waals surface area (Å²) in [4.78, 5) is 40.5. The number of benzene rings is 2. The molecule has 38 heavy (non-hydrogen) atoms. The van der Waals surface area contributed by atoms with E-state index in [0.717, 1.165) is 16.8 Å². The summed E-state index contributed by atoms with van der Waals surface area (Å²) in [6.07, 6.45) is 1.49. The summed E-state index contributed by atoms with van der Waals surface area (Å²) >= 11 is 11.3. The maximum absolute atomic E-state index is 11.8. The van der Waals surface area contributed by atoms with Crippen molar-refractivity contribution in [3.63, 3.8) is 0 Å². The Morgan fingerprint density at radius 2 is 1.42 bits per heavy atom. The number of carbonyl (C=O) groups excluding carboxylic acids is 2. The van der Waals surface area contributed by atoms with Gasteiger partial charge in [-0.15, -0.1) is 0 Å². The average molecular weight is 553 g/mol. The molecule has 0 aliphatic heterocycles. The second-order valence-corrected chi connectivity index (χ2v) is 8.61. The number of nitrogen functional groups attached to an aromatic ring is 1. The molecule has 0 bridgehead atoms. The van der Waals surface area contributed by atoms with Gasteiger partial charge >= 0.3 is 6.03 Å². The van der Waals surface area contributed by atoms with Crippen molar-refractivity contribution in [2.45, 2.75) is 27.7 Å². The fraction of sp³-hybridized carbons (Fsp3) is 0.154. The fourth-order valence-electron chi connectivity index (χ4n) is 2.87. The minimum atomic E-state index is -0.410. The zero-order valence-corrected chi connectivity index (χ0v) is 22.7. The maximum Gasteiger partial charge on any atom is 0.326 e. The molecule has 2 aromatic heterocycles. The number of nitrogens with zero attached hydrogens (tertiary/aromatic N) is 5. The fourth-order valence-corrected chi connectivity index (χ4v) is 3.36. The molecule has 0 atom stereocenters. The number of aromatic nitrogens is 4. The molecule has 0 radical (unpaired) electrons. The third-order valence-electron chi connectivity index (χ3n) is 4.34. The lowest BCUT2D eigenvalue weighted by Crippen LogP contribution is -2.21. The minimum Gasteiger partial charge on any atom is -0.368 e. The van der Waals surface area contributed by atoms with Gasteiger partial charge in [0, 0.05) is 17.1 Å². The Bertz CT molecular complexity index is 1370. The van der Waals surface area contributed by atoms with E-state index in [1.807, 2.05) is 57.2 Å². The average Bonchev–Trinajstić information content (AvgIpc) is 2.78. The van der Waals surface area contributed by atoms with Gasteiger partial charge in [0.25, 0.3) is 0 Å². The third kappa shape index (κ3) is 11.6. The molecule has 12 heteroatoms. The van der Waals surface area contributed by atoms with Crippen LogP contribution in [0.4, 0.5) is 28.1 Å². The summed E-state index contributed by atoms with van der Waals surface area (Å²) in [7, 11) is 0. The highest BCUT2D eigenvalue weighted by molar-refractivity contribution is 6.29. The Labute approximate surface area is 230 Å². The van der Waals surface area contributed by atoms with Crippen LogP contribution in [0.3, 0.4) is 0 Å². The first-order valence-corrected chi connectivity index (χ1v) is 11.9. The van der Waals surface area contributed by atoms with Gasteiger partial charge in [0.15, 0.2) is 0 Å². The van der Waals surface area contributed by atoms with Gasteiger partial charge in [0.05, 0.1) is 5.69 Å². The highest BCUT2D eigenvalue weighted by Crippen LogP contribution is 2.13. The van der Waals surface area contributed by atoms with E-state index in [9.17, 15) is 9.59 Å². The predicted octanol–water partition coefficient (Wildman–Crippen LogP) is 6.37. The Morgan fingerprint density at radius 1 is 0.816 bits per heavy atom. The van der Waals surface area contributed by atoms with Crippen molar-refractivity contribution in [3.8, 4) is 0 Å². The van der Waals surface area contributed by atoms with Crippen molar-refractivity contribution in [2.24, 2.45) is 4.99 Å². The van der Waals surface area contributed by atoms with Gasteiger partial charge in [-0.3, -0.25) is 5.32 Å². The summed E-state index contributed by atoms with van der Waals surface area (Å²) in [5, 5.41) is 5.91. The van der Waals surface area contributed by atoms with Gasteiger partial charge in [0.2, 0.25) is 18.0 Å². The number of urea groups is 1. The van der Waals surface area contributed by atoms with Crippen LogP contribution in [-0.4, -0.2) is 32.0 Å². The molecule has 10 nitrogen and oxygen atoms in total. The van der Waals surface area contributed by atoms with Crippen molar-refractivity contribution in [1.29, 1.82) is 0 Å². The number of hydrogen-bond donors (Lipinski definition) is 3. The van der Waals surface area contributed by atoms with Gasteiger partial charge in [0.1, 0.15) is 10.3 Å². The first-order chi connectivity index (χ1) is 18.0. The molecule has 0 saturated heterocycles. The van der Waals surface area contributed by atoms with Gasteiger partial charge in [-0.1, -0.05) is 47.5 Å². The van der Waals surface area contributed by atoms with Gasteiger partial charge in [-0.25, -0.2) is 29.5 Å². The molecule has 0 saturated carbocycles. The van der Waals surface area contributed by atoms with Crippen LogP contribution >= 0.6 is 23.2 Å². The molecule has 4 N–H and O–H groups in total. The first kappa shape index (κ1) is 29.9. The number of anilines is 3. The van der Waals surface area contributed by atoms with Crippen LogP contribution in [0.25, 0.3) is 0 Å². The summed E-state index contributed by atoms with van der Waals surface area (Å²) < 4.78 is 0. The van der Waals surface area contributed by atoms with Crippen LogP contribution in [-0.2, 0) is 4.79 Å². The molecule has 2 amide bonds. The minimum absolute atomic E-state index is 0.176. The summed E-state index contributed by atoms with van der Waals surface area (Å²) in [5.74, 6) is 0.398. The predicted molar refractivity (Wildman–Crippen MR) is 151 cm³/mol. The van der Waals surface area contributed by atoms with Crippen LogP contribution < -0.4 is 16.4 Å². The number of aryl methyl sites for hydroxylation is 4. The maximum atomic E-state index is 11.8. The van der Waals surface area contributed by atoms with Crippen LogP contribution in [0, 0.1) is 27.7 Å². The number of nitrogens with two attached hydrogens (primary N) is 1. The van der Waals surface area contributed by atoms with Gasteiger partial charge in [-0.05, 0) is 75.2 Å². The largest absolute Gasteiger partial charge is 0.368 e. The van der Waals surface area contributed by atoms with E-state index in [1.54, 1.807) is 31.2 Å². The lowest BCUT2D eigenvalue weighted by molar-refractivity contribution is 0.262. The first-order valence-electron chi connectivity index (χ1n) is 11.1. The number of carbonyl (C=O) groups is 1. The number of rotatable bonds is 3. The SMILES string of the molecule is Cc1cc(Cl)nc(N)n1.Cc1cccc(N=C=O)c1.Cc1cccc(NC(=O)Nc2nc(C)cc(Cl)n2)c1. The molecule has 4 rings (SSSR count). The van der Waals surface area contributed by atoms with Crippen molar-refractivity contribution in [2.75, 3.05) is 16.4 Å². The summed E-state index contributed by atoms with van der Waals surface area (Å²) in [5.41, 5.74) is 10.2. The van der Waals surface area contributed by atoms with E-state index < -0.39 is 6.03 Å². The van der Waals surface area contributed by atoms with Crippen molar-refractivity contribution in [1.82, 2.24) is 19.9 Å². The van der Waals surface area contributed by atoms with Crippen molar-refractivity contribution < 1.29 is 9.59 Å². The number of nitrogens with one attached hydrogen (secondary N) is 2. The van der Waals surface area contributed by atoms with Crippen LogP contribution in [0.2, 0.25) is 10.3 Å². The highest BCUT2D eigenvalue weighted by Gasteiger charge is 2.06. The Hall–Kier alpha value is -4.37. The Morgan fingerprint density at radius 3 is 1.97 bits per heavy atom. The van der Waals surface area contributed by atoms with E-state index >= 15 is 0 Å². The molecule has 0 fully saturated rings. The molecule has 0 aliphatic rings. The molecule has 2 heterocycles. The van der Waals surface area contributed by atoms with Gasteiger partial charge in [-0.2, -0.15) is 4.99 Å². The number of isocyanates is 1. The number of halogens is 2. The summed E-state index contributed by atoms with van der Waals surface area (Å²) in [6.45, 7) is 7.48. The second-order valence-electron chi connectivity index (χ2n) is 7.84. The molecule has 196 valence electrons. The Balaban J connectivity index is 0.000000224. The van der Waals surface area contributed by atoms with E-state index in [2.05, 4.69) is 35.6 Å². The highest BCUT2D eigenvalue weighted by atomic mass is 35.5. The standard InChI is InChI=1S/C13H13ClN4O.C8H7NO.C5H6ClN3/c1-8-4-3-5-10(6-8)16-13(19)18-12-15-9(2)7-11(14)17-12;1-7-3-2-4-8(5-7)9-6-10;1-3-2-4(6)9-5(7)8-3/h3-7H,1-2H3,(H2,15,16,17,18,19);2-5H,1H3;2H,1H3,(H2,7,8,9). The molecule has 0 unspecified atom stereocenters. The van der Waals surface area contributed by atoms with E-state index in [0.29, 0.717) is 27.4 Å². The number of hydrogen-bond acceptors (Lipinski definition) is 8. The zero-order valence-electron chi connectivity index (χ0n) is 21.2. The Kier molecular flexibility index (Phi) is 11.8. The van der Waals surface area contributed by atoms with E-state index in [-0.39, 0.29) is 11.9 Å². The molecule has 0 spiro atoms. The second kappa shape index (κ2) is 15.0. The molecular formula is C26H26Cl2N8O2. The topological polar surface area (TPSA) is 148 Å². The van der Waals surface area contributed by atoms with E-state index in [4.69, 9.17) is 28.9 Å². The lowest BCUT2D eigenvalue weighted by atomic mass is 10.2. The molecule has 4 aromatic rings. The number of aliphatic imine (C=N–C) groups is 1. The van der Waals surface area contributed by atoms with Crippen LogP contribution in [0.15, 0.2) is 65.7 Å². The normalized spacial score (nSPS) is 9.53. The van der Waals surface area contributed by atoms with Gasteiger partial charge < -0.3 is 11.1 Å². The van der Waals surface area contributed by atoms with E-state index in [1.165, 1.54) is 6.08 Å². The summed E-state index contributed by atoms with van der Waals surface area (Å²) in [6, 6.07) is 17.7. The van der Waals surface area contributed by atoms with Crippen LogP contribution in [0.5, 0.6) is 0 Å². The van der Waals surface area contributed by atoms with Crippen molar-refractivity contribution in [3.05, 3.63) is 93.5 Å². The lowest BCUT2D eigenvalue weighted by Gasteiger charge is -2.07. The number of amides is 2. The molecule has 0 aliphatic carbocycles. The molecular weight excluding hydrogens is 527 g/mol. The zero-order chi connectivity index (χ0) is 28.1. The third-order valence-corrected chi connectivity index (χ3v) is 4.73. The van der Waals surface area contributed by atoms with Crippen molar-refractivity contribution >= 4 is 58.6 Å².